The molecule has 5 heteroatoms. The summed E-state index contributed by atoms with van der Waals surface area (Å²) in [6.07, 6.45) is 3.11. The van der Waals surface area contributed by atoms with Crippen molar-refractivity contribution in [2.45, 2.75) is 0 Å². The van der Waals surface area contributed by atoms with E-state index in [-0.39, 0.29) is 0 Å². The van der Waals surface area contributed by atoms with Gasteiger partial charge in [0, 0.05) is 11.1 Å². The summed E-state index contributed by atoms with van der Waals surface area (Å²) in [7, 11) is 0. The maximum atomic E-state index is 9.00. The lowest BCUT2D eigenvalue weighted by Gasteiger charge is -2.02. The summed E-state index contributed by atoms with van der Waals surface area (Å²) in [4.78, 5) is 0. The van der Waals surface area contributed by atoms with Gasteiger partial charge in [0.15, 0.2) is 0 Å². The molecule has 0 unspecified atom stereocenters. The minimum absolute atomic E-state index is 0.446. The first-order valence-corrected chi connectivity index (χ1v) is 5.31. The standard InChI is InChI=1S/C10H6N2OS2/c11-4-8-7(6-1-2-13-5-6)3-9(14)15-10(8)12/h1-3,5H,12H2. The van der Waals surface area contributed by atoms with Crippen molar-refractivity contribution in [3.63, 3.8) is 0 Å². The van der Waals surface area contributed by atoms with E-state index in [0.29, 0.717) is 14.4 Å². The lowest BCUT2D eigenvalue weighted by molar-refractivity contribution is 0.568. The first-order chi connectivity index (χ1) is 7.22. The molecule has 0 aliphatic heterocycles. The van der Waals surface area contributed by atoms with E-state index in [1.165, 1.54) is 11.3 Å². The van der Waals surface area contributed by atoms with Crippen molar-refractivity contribution in [1.29, 1.82) is 5.26 Å². The smallest absolute Gasteiger partial charge is 0.106 e. The molecule has 2 aromatic heterocycles. The molecule has 0 saturated heterocycles. The molecule has 2 rings (SSSR count). The second-order valence-electron chi connectivity index (χ2n) is 2.84. The maximum Gasteiger partial charge on any atom is 0.106 e. The lowest BCUT2D eigenvalue weighted by atomic mass is 10.1. The van der Waals surface area contributed by atoms with Crippen LogP contribution in [0.4, 0.5) is 5.00 Å². The van der Waals surface area contributed by atoms with Crippen LogP contribution in [0, 0.1) is 15.2 Å². The van der Waals surface area contributed by atoms with Crippen molar-refractivity contribution in [3.05, 3.63) is 34.0 Å². The summed E-state index contributed by atoms with van der Waals surface area (Å²) in [5.74, 6) is 0. The van der Waals surface area contributed by atoms with Gasteiger partial charge in [-0.05, 0) is 12.1 Å². The molecule has 0 amide bonds. The number of nitrogen functional groups attached to an aromatic ring is 1. The van der Waals surface area contributed by atoms with Crippen molar-refractivity contribution in [2.75, 3.05) is 5.73 Å². The van der Waals surface area contributed by atoms with Gasteiger partial charge in [-0.15, -0.1) is 11.3 Å². The number of hydrogen-bond acceptors (Lipinski definition) is 5. The molecule has 2 heterocycles. The minimum Gasteiger partial charge on any atom is -0.472 e. The van der Waals surface area contributed by atoms with Crippen molar-refractivity contribution < 1.29 is 4.42 Å². The second kappa shape index (κ2) is 3.85. The Morgan fingerprint density at radius 1 is 1.53 bits per heavy atom. The van der Waals surface area contributed by atoms with Crippen molar-refractivity contribution >= 4 is 28.6 Å². The fourth-order valence-electron chi connectivity index (χ4n) is 1.27. The summed E-state index contributed by atoms with van der Waals surface area (Å²) in [5.41, 5.74) is 7.74. The van der Waals surface area contributed by atoms with Crippen LogP contribution in [0.5, 0.6) is 0 Å². The van der Waals surface area contributed by atoms with Crippen LogP contribution in [0.1, 0.15) is 5.56 Å². The molecule has 2 aromatic rings. The van der Waals surface area contributed by atoms with Crippen molar-refractivity contribution in [3.8, 4) is 17.2 Å². The Kier molecular flexibility index (Phi) is 2.54. The summed E-state index contributed by atoms with van der Waals surface area (Å²) >= 11 is 6.30. The van der Waals surface area contributed by atoms with E-state index in [1.807, 2.05) is 0 Å². The minimum atomic E-state index is 0.446. The number of nitriles is 1. The number of hydrogen-bond donors (Lipinski definition) is 1. The zero-order valence-electron chi connectivity index (χ0n) is 7.56. The van der Waals surface area contributed by atoms with E-state index in [1.54, 1.807) is 24.7 Å². The molecular formula is C10H6N2OS2. The van der Waals surface area contributed by atoms with Crippen LogP contribution in [0.25, 0.3) is 11.1 Å². The van der Waals surface area contributed by atoms with E-state index < -0.39 is 0 Å². The van der Waals surface area contributed by atoms with Crippen LogP contribution in [0.15, 0.2) is 29.1 Å². The quantitative estimate of drug-likeness (QED) is 0.770. The molecule has 0 aliphatic carbocycles. The number of furan rings is 1. The number of rotatable bonds is 1. The van der Waals surface area contributed by atoms with E-state index in [9.17, 15) is 0 Å². The van der Waals surface area contributed by atoms with E-state index in [0.717, 1.165) is 11.1 Å². The van der Waals surface area contributed by atoms with Crippen LogP contribution in [-0.4, -0.2) is 0 Å². The van der Waals surface area contributed by atoms with Crippen LogP contribution >= 0.6 is 23.6 Å². The molecule has 0 fully saturated rings. The van der Waals surface area contributed by atoms with Crippen LogP contribution < -0.4 is 5.73 Å². The van der Waals surface area contributed by atoms with Gasteiger partial charge in [0.2, 0.25) is 0 Å². The van der Waals surface area contributed by atoms with E-state index >= 15 is 0 Å². The zero-order chi connectivity index (χ0) is 10.8. The molecule has 3 nitrogen and oxygen atoms in total. The van der Waals surface area contributed by atoms with Crippen LogP contribution in [0.2, 0.25) is 0 Å². The third-order valence-electron chi connectivity index (χ3n) is 1.93. The highest BCUT2D eigenvalue weighted by atomic mass is 32.1. The summed E-state index contributed by atoms with van der Waals surface area (Å²) in [5, 5.41) is 9.45. The fourth-order valence-corrected chi connectivity index (χ4v) is 2.31. The summed E-state index contributed by atoms with van der Waals surface area (Å²) < 4.78 is 5.62. The molecular weight excluding hydrogens is 228 g/mol. The molecule has 0 bridgehead atoms. The number of nitrogens with zero attached hydrogens (tertiary/aromatic N) is 1. The molecule has 2 N–H and O–H groups in total. The lowest BCUT2D eigenvalue weighted by Crippen LogP contribution is -1.90. The first-order valence-electron chi connectivity index (χ1n) is 4.08. The molecule has 0 aliphatic rings. The summed E-state index contributed by atoms with van der Waals surface area (Å²) in [6.45, 7) is 0. The van der Waals surface area contributed by atoms with Gasteiger partial charge in [-0.2, -0.15) is 5.26 Å². The fraction of sp³-hybridized carbons (Fsp3) is 0. The van der Waals surface area contributed by atoms with Gasteiger partial charge in [-0.1, -0.05) is 12.2 Å². The first kappa shape index (κ1) is 9.90. The largest absolute Gasteiger partial charge is 0.472 e. The van der Waals surface area contributed by atoms with Gasteiger partial charge in [0.1, 0.15) is 11.1 Å². The molecule has 15 heavy (non-hydrogen) atoms. The Balaban J connectivity index is 2.77. The molecule has 0 saturated carbocycles. The molecule has 0 radical (unpaired) electrons. The highest BCUT2D eigenvalue weighted by molar-refractivity contribution is 7.73. The average molecular weight is 234 g/mol. The van der Waals surface area contributed by atoms with E-state index in [2.05, 4.69) is 6.07 Å². The maximum absolute atomic E-state index is 9.00. The van der Waals surface area contributed by atoms with Crippen molar-refractivity contribution in [1.82, 2.24) is 0 Å². The van der Waals surface area contributed by atoms with Gasteiger partial charge in [-0.25, -0.2) is 0 Å². The van der Waals surface area contributed by atoms with Gasteiger partial charge < -0.3 is 10.2 Å². The van der Waals surface area contributed by atoms with Gasteiger partial charge in [0.25, 0.3) is 0 Å². The Bertz CT molecular complexity index is 578. The monoisotopic (exact) mass is 234 g/mol. The highest BCUT2D eigenvalue weighted by Crippen LogP contribution is 2.30. The molecule has 0 spiro atoms. The number of nitrogens with two attached hydrogens (primary N) is 1. The normalized spacial score (nSPS) is 9.80. The van der Waals surface area contributed by atoms with Gasteiger partial charge >= 0.3 is 0 Å². The molecule has 74 valence electrons. The van der Waals surface area contributed by atoms with Crippen LogP contribution in [0.3, 0.4) is 0 Å². The Morgan fingerprint density at radius 3 is 2.93 bits per heavy atom. The van der Waals surface area contributed by atoms with Crippen molar-refractivity contribution in [2.24, 2.45) is 0 Å². The molecule has 0 aromatic carbocycles. The Labute approximate surface area is 95.4 Å². The SMILES string of the molecule is N#Cc1c(-c2ccoc2)cc(=S)sc1N. The van der Waals surface area contributed by atoms with Gasteiger partial charge in [-0.3, -0.25) is 0 Å². The number of anilines is 1. The Hall–Kier alpha value is -1.64. The highest BCUT2D eigenvalue weighted by Gasteiger charge is 2.10. The predicted molar refractivity (Wildman–Crippen MR) is 62.0 cm³/mol. The topological polar surface area (TPSA) is 63.0 Å². The van der Waals surface area contributed by atoms with Gasteiger partial charge in [0.05, 0.1) is 21.9 Å². The zero-order valence-corrected chi connectivity index (χ0v) is 9.19. The van der Waals surface area contributed by atoms with Crippen LogP contribution in [-0.2, 0) is 0 Å². The third-order valence-corrected chi connectivity index (χ3v) is 3.04. The average Bonchev–Trinajstić information content (AvgIpc) is 2.69. The summed E-state index contributed by atoms with van der Waals surface area (Å²) in [6, 6.07) is 5.61. The second-order valence-corrected chi connectivity index (χ2v) is 4.62. The van der Waals surface area contributed by atoms with E-state index in [4.69, 9.17) is 27.6 Å². The third kappa shape index (κ3) is 1.77. The molecule has 0 atom stereocenters. The Morgan fingerprint density at radius 2 is 2.33 bits per heavy atom. The predicted octanol–water partition coefficient (Wildman–Crippen LogP) is 3.19.